The Balaban J connectivity index is 3.12. The van der Waals surface area contributed by atoms with E-state index in [1.165, 1.54) is 18.2 Å². The largest absolute Gasteiger partial charge is 0.487 e. The lowest BCUT2D eigenvalue weighted by atomic mass is 10.1. The molecule has 0 spiro atoms. The minimum atomic E-state index is -1.11. The molecule has 0 saturated carbocycles. The number of carboxylic acid groups (broad SMARTS) is 1. The zero-order valence-corrected chi connectivity index (χ0v) is 11.7. The van der Waals surface area contributed by atoms with Crippen LogP contribution in [0.15, 0.2) is 30.9 Å². The fourth-order valence-electron chi connectivity index (χ4n) is 1.73. The molecule has 2 N–H and O–H groups in total. The predicted molar refractivity (Wildman–Crippen MR) is 78.7 cm³/mol. The molecule has 0 saturated heterocycles. The highest BCUT2D eigenvalue weighted by Gasteiger charge is 2.25. The summed E-state index contributed by atoms with van der Waals surface area (Å²) in [5.74, 6) is -0.987. The van der Waals surface area contributed by atoms with Crippen LogP contribution >= 0.6 is 0 Å². The molecule has 7 heteroatoms. The van der Waals surface area contributed by atoms with Crippen molar-refractivity contribution in [1.29, 1.82) is 0 Å². The SMILES string of the molecule is C=CCC(Nc1cccc(OCCC)c1[N+](=O)[O-])C(=O)O. The third kappa shape index (κ3) is 4.48. The summed E-state index contributed by atoms with van der Waals surface area (Å²) in [6, 6.07) is 3.54. The molecule has 1 aromatic carbocycles. The van der Waals surface area contributed by atoms with Gasteiger partial charge in [0.2, 0.25) is 0 Å². The number of para-hydroxylation sites is 1. The van der Waals surface area contributed by atoms with Gasteiger partial charge >= 0.3 is 11.7 Å². The first kappa shape index (κ1) is 16.5. The van der Waals surface area contributed by atoms with Crippen LogP contribution in [0.3, 0.4) is 0 Å². The molecular formula is C14H18N2O5. The third-order valence-electron chi connectivity index (χ3n) is 2.67. The van der Waals surface area contributed by atoms with E-state index in [1.54, 1.807) is 6.07 Å². The molecular weight excluding hydrogens is 276 g/mol. The van der Waals surface area contributed by atoms with Crippen LogP contribution in [-0.4, -0.2) is 28.6 Å². The van der Waals surface area contributed by atoms with Crippen molar-refractivity contribution < 1.29 is 19.6 Å². The summed E-state index contributed by atoms with van der Waals surface area (Å²) in [6.07, 6.45) is 2.30. The summed E-state index contributed by atoms with van der Waals surface area (Å²) in [4.78, 5) is 21.8. The van der Waals surface area contributed by atoms with Crippen LogP contribution in [0.25, 0.3) is 0 Å². The van der Waals surface area contributed by atoms with Crippen LogP contribution in [0, 0.1) is 10.1 Å². The highest BCUT2D eigenvalue weighted by atomic mass is 16.6. The number of hydrogen-bond donors (Lipinski definition) is 2. The molecule has 0 bridgehead atoms. The average molecular weight is 294 g/mol. The molecule has 1 atom stereocenters. The number of nitro groups is 1. The molecule has 21 heavy (non-hydrogen) atoms. The second kappa shape index (κ2) is 7.88. The molecule has 0 aliphatic heterocycles. The minimum absolute atomic E-state index is 0.114. The molecule has 0 heterocycles. The third-order valence-corrected chi connectivity index (χ3v) is 2.67. The van der Waals surface area contributed by atoms with Crippen molar-refractivity contribution in [1.82, 2.24) is 0 Å². The maximum Gasteiger partial charge on any atom is 0.333 e. The maximum absolute atomic E-state index is 11.2. The number of carbonyl (C=O) groups is 1. The summed E-state index contributed by atoms with van der Waals surface area (Å²) < 4.78 is 5.34. The van der Waals surface area contributed by atoms with Crippen molar-refractivity contribution in [2.45, 2.75) is 25.8 Å². The monoisotopic (exact) mass is 294 g/mol. The standard InChI is InChI=1S/C14H18N2O5/c1-3-6-11(14(17)18)15-10-7-5-8-12(21-9-4-2)13(10)16(19)20/h3,5,7-8,11,15H,1,4,6,9H2,2H3,(H,17,18). The lowest BCUT2D eigenvalue weighted by molar-refractivity contribution is -0.385. The Hall–Kier alpha value is -2.57. The van der Waals surface area contributed by atoms with Crippen LogP contribution < -0.4 is 10.1 Å². The summed E-state index contributed by atoms with van der Waals surface area (Å²) in [5, 5.41) is 23.0. The van der Waals surface area contributed by atoms with Crippen molar-refractivity contribution in [2.24, 2.45) is 0 Å². The molecule has 7 nitrogen and oxygen atoms in total. The summed E-state index contributed by atoms with van der Waals surface area (Å²) >= 11 is 0. The molecule has 0 aromatic heterocycles. The van der Waals surface area contributed by atoms with Gasteiger partial charge < -0.3 is 15.2 Å². The summed E-state index contributed by atoms with van der Waals surface area (Å²) in [6.45, 7) is 5.71. The van der Waals surface area contributed by atoms with Crippen LogP contribution in [-0.2, 0) is 4.79 Å². The van der Waals surface area contributed by atoms with Crippen molar-refractivity contribution >= 4 is 17.3 Å². The average Bonchev–Trinajstić information content (AvgIpc) is 2.44. The van der Waals surface area contributed by atoms with Crippen LogP contribution in [0.1, 0.15) is 19.8 Å². The summed E-state index contributed by atoms with van der Waals surface area (Å²) in [5.41, 5.74) is -0.149. The first-order valence-electron chi connectivity index (χ1n) is 6.51. The zero-order chi connectivity index (χ0) is 15.8. The lowest BCUT2D eigenvalue weighted by Crippen LogP contribution is -2.28. The van der Waals surface area contributed by atoms with Gasteiger partial charge in [-0.25, -0.2) is 4.79 Å². The van der Waals surface area contributed by atoms with E-state index in [9.17, 15) is 14.9 Å². The Labute approximate surface area is 122 Å². The smallest absolute Gasteiger partial charge is 0.333 e. The minimum Gasteiger partial charge on any atom is -0.487 e. The van der Waals surface area contributed by atoms with Crippen LogP contribution in [0.5, 0.6) is 5.75 Å². The van der Waals surface area contributed by atoms with Gasteiger partial charge in [-0.1, -0.05) is 19.1 Å². The van der Waals surface area contributed by atoms with Crippen molar-refractivity contribution in [3.05, 3.63) is 41.0 Å². The van der Waals surface area contributed by atoms with Crippen molar-refractivity contribution in [2.75, 3.05) is 11.9 Å². The Morgan fingerprint density at radius 1 is 1.62 bits per heavy atom. The number of nitrogens with one attached hydrogen (secondary N) is 1. The molecule has 0 amide bonds. The molecule has 1 rings (SSSR count). The predicted octanol–water partition coefficient (Wildman–Crippen LogP) is 2.82. The Bertz CT molecular complexity index is 530. The van der Waals surface area contributed by atoms with Gasteiger partial charge in [0, 0.05) is 0 Å². The zero-order valence-electron chi connectivity index (χ0n) is 11.7. The first-order valence-corrected chi connectivity index (χ1v) is 6.51. The van der Waals surface area contributed by atoms with Gasteiger partial charge in [-0.2, -0.15) is 0 Å². The van der Waals surface area contributed by atoms with E-state index < -0.39 is 16.9 Å². The molecule has 114 valence electrons. The Morgan fingerprint density at radius 3 is 2.86 bits per heavy atom. The number of carboxylic acids is 1. The Kier molecular flexibility index (Phi) is 6.19. The van der Waals surface area contributed by atoms with Crippen LogP contribution in [0.2, 0.25) is 0 Å². The highest BCUT2D eigenvalue weighted by molar-refractivity contribution is 5.80. The van der Waals surface area contributed by atoms with Gasteiger partial charge in [0.25, 0.3) is 0 Å². The van der Waals surface area contributed by atoms with E-state index in [1.807, 2.05) is 6.92 Å². The number of aliphatic carboxylic acids is 1. The fraction of sp³-hybridized carbons (Fsp3) is 0.357. The topological polar surface area (TPSA) is 102 Å². The molecule has 0 aliphatic rings. The van der Waals surface area contributed by atoms with Gasteiger partial charge in [0.1, 0.15) is 11.7 Å². The number of ether oxygens (including phenoxy) is 1. The fourth-order valence-corrected chi connectivity index (χ4v) is 1.73. The summed E-state index contributed by atoms with van der Waals surface area (Å²) in [7, 11) is 0. The number of hydrogen-bond acceptors (Lipinski definition) is 5. The molecule has 1 aromatic rings. The van der Waals surface area contributed by atoms with Crippen LogP contribution in [0.4, 0.5) is 11.4 Å². The number of anilines is 1. The first-order chi connectivity index (χ1) is 10.0. The van der Waals surface area contributed by atoms with E-state index in [2.05, 4.69) is 11.9 Å². The van der Waals surface area contributed by atoms with Gasteiger partial charge in [-0.3, -0.25) is 10.1 Å². The van der Waals surface area contributed by atoms with E-state index in [-0.39, 0.29) is 23.5 Å². The number of nitro benzene ring substituents is 1. The highest BCUT2D eigenvalue weighted by Crippen LogP contribution is 2.35. The van der Waals surface area contributed by atoms with Gasteiger partial charge in [-0.05, 0) is 25.0 Å². The second-order valence-electron chi connectivity index (χ2n) is 4.32. The second-order valence-corrected chi connectivity index (χ2v) is 4.32. The normalized spacial score (nSPS) is 11.5. The molecule has 0 aliphatic carbocycles. The van der Waals surface area contributed by atoms with Crippen molar-refractivity contribution in [3.63, 3.8) is 0 Å². The number of rotatable bonds is 9. The molecule has 0 fully saturated rings. The van der Waals surface area contributed by atoms with Crippen molar-refractivity contribution in [3.8, 4) is 5.75 Å². The molecule has 1 unspecified atom stereocenters. The quantitative estimate of drug-likeness (QED) is 0.412. The van der Waals surface area contributed by atoms with E-state index >= 15 is 0 Å². The number of benzene rings is 1. The van der Waals surface area contributed by atoms with Gasteiger partial charge in [-0.15, -0.1) is 6.58 Å². The van der Waals surface area contributed by atoms with Gasteiger partial charge in [0.05, 0.1) is 11.5 Å². The molecule has 0 radical (unpaired) electrons. The maximum atomic E-state index is 11.2. The van der Waals surface area contributed by atoms with E-state index in [0.717, 1.165) is 0 Å². The van der Waals surface area contributed by atoms with E-state index in [4.69, 9.17) is 9.84 Å². The van der Waals surface area contributed by atoms with E-state index in [0.29, 0.717) is 13.0 Å². The number of nitrogens with zero attached hydrogens (tertiary/aromatic N) is 1. The Morgan fingerprint density at radius 2 is 2.33 bits per heavy atom. The van der Waals surface area contributed by atoms with Gasteiger partial charge in [0.15, 0.2) is 5.75 Å². The lowest BCUT2D eigenvalue weighted by Gasteiger charge is -2.15.